The van der Waals surface area contributed by atoms with Crippen molar-refractivity contribution in [1.82, 2.24) is 9.80 Å². The lowest BCUT2D eigenvalue weighted by Gasteiger charge is -2.34. The van der Waals surface area contributed by atoms with Gasteiger partial charge in [0.05, 0.1) is 6.61 Å². The third kappa shape index (κ3) is 4.44. The van der Waals surface area contributed by atoms with Crippen molar-refractivity contribution in [1.29, 1.82) is 0 Å². The van der Waals surface area contributed by atoms with Crippen LogP contribution in [0, 0.1) is 0 Å². The molecule has 1 aliphatic heterocycles. The monoisotopic (exact) mass is 291 g/mol. The van der Waals surface area contributed by atoms with Gasteiger partial charge in [-0.3, -0.25) is 9.69 Å². The van der Waals surface area contributed by atoms with Crippen molar-refractivity contribution >= 4 is 5.91 Å². The van der Waals surface area contributed by atoms with E-state index in [0.29, 0.717) is 6.61 Å². The van der Waals surface area contributed by atoms with Crippen LogP contribution in [0.1, 0.15) is 23.7 Å². The number of carbonyl (C=O) groups is 1. The summed E-state index contributed by atoms with van der Waals surface area (Å²) in [6, 6.07) is 7.39. The lowest BCUT2D eigenvalue weighted by atomic mass is 10.1. The zero-order valence-corrected chi connectivity index (χ0v) is 12.8. The second kappa shape index (κ2) is 8.00. The van der Waals surface area contributed by atoms with Crippen molar-refractivity contribution in [2.24, 2.45) is 5.73 Å². The quantitative estimate of drug-likeness (QED) is 0.855. The van der Waals surface area contributed by atoms with Gasteiger partial charge in [-0.15, -0.1) is 0 Å². The molecule has 5 heteroatoms. The van der Waals surface area contributed by atoms with Gasteiger partial charge in [-0.2, -0.15) is 0 Å². The van der Waals surface area contributed by atoms with Crippen molar-refractivity contribution in [2.75, 3.05) is 45.9 Å². The van der Waals surface area contributed by atoms with Gasteiger partial charge in [-0.1, -0.05) is 0 Å². The number of carbonyl (C=O) groups excluding carboxylic acids is 1. The molecule has 0 radical (unpaired) electrons. The van der Waals surface area contributed by atoms with Gasteiger partial charge in [0, 0.05) is 31.7 Å². The number of amides is 1. The first kappa shape index (κ1) is 15.8. The molecule has 1 heterocycles. The van der Waals surface area contributed by atoms with Crippen molar-refractivity contribution in [3.8, 4) is 5.75 Å². The van der Waals surface area contributed by atoms with E-state index in [-0.39, 0.29) is 5.91 Å². The van der Waals surface area contributed by atoms with Crippen LogP contribution in [0.5, 0.6) is 5.75 Å². The summed E-state index contributed by atoms with van der Waals surface area (Å²) in [7, 11) is 0. The van der Waals surface area contributed by atoms with E-state index in [4.69, 9.17) is 10.5 Å². The second-order valence-corrected chi connectivity index (χ2v) is 5.23. The maximum atomic E-state index is 12.4. The fourth-order valence-corrected chi connectivity index (χ4v) is 2.53. The van der Waals surface area contributed by atoms with E-state index in [1.54, 1.807) is 0 Å². The summed E-state index contributed by atoms with van der Waals surface area (Å²) in [5.74, 6) is 0.914. The highest BCUT2D eigenvalue weighted by atomic mass is 16.5. The topological polar surface area (TPSA) is 58.8 Å². The summed E-state index contributed by atoms with van der Waals surface area (Å²) >= 11 is 0. The Morgan fingerprint density at radius 1 is 1.19 bits per heavy atom. The fraction of sp³-hybridized carbons (Fsp3) is 0.562. The third-order valence-electron chi connectivity index (χ3n) is 3.75. The Labute approximate surface area is 126 Å². The van der Waals surface area contributed by atoms with Crippen LogP contribution in [0.25, 0.3) is 0 Å². The van der Waals surface area contributed by atoms with E-state index in [2.05, 4.69) is 4.90 Å². The number of nitrogens with two attached hydrogens (primary N) is 1. The van der Waals surface area contributed by atoms with Crippen LogP contribution in [-0.4, -0.2) is 61.6 Å². The fourth-order valence-electron chi connectivity index (χ4n) is 2.53. The predicted molar refractivity (Wildman–Crippen MR) is 83.6 cm³/mol. The molecule has 2 N–H and O–H groups in total. The molecule has 1 saturated heterocycles. The predicted octanol–water partition coefficient (Wildman–Crippen LogP) is 1.19. The molecular weight excluding hydrogens is 266 g/mol. The lowest BCUT2D eigenvalue weighted by molar-refractivity contribution is 0.0636. The van der Waals surface area contributed by atoms with Crippen molar-refractivity contribution in [2.45, 2.75) is 13.3 Å². The summed E-state index contributed by atoms with van der Waals surface area (Å²) in [6.45, 7) is 7.78. The van der Waals surface area contributed by atoms with Crippen LogP contribution in [0.2, 0.25) is 0 Å². The molecule has 2 rings (SSSR count). The average Bonchev–Trinajstić information content (AvgIpc) is 2.54. The SMILES string of the molecule is CCOc1ccc(C(=O)N2CCN(CCCN)CC2)cc1. The number of piperazine rings is 1. The minimum atomic E-state index is 0.108. The van der Waals surface area contributed by atoms with Crippen LogP contribution in [0.4, 0.5) is 0 Å². The molecule has 1 aromatic carbocycles. The highest BCUT2D eigenvalue weighted by Gasteiger charge is 2.21. The van der Waals surface area contributed by atoms with Gasteiger partial charge in [0.25, 0.3) is 5.91 Å². The number of hydrogen-bond acceptors (Lipinski definition) is 4. The Morgan fingerprint density at radius 3 is 2.43 bits per heavy atom. The van der Waals surface area contributed by atoms with Crippen LogP contribution < -0.4 is 10.5 Å². The molecule has 0 bridgehead atoms. The van der Waals surface area contributed by atoms with E-state index >= 15 is 0 Å². The minimum Gasteiger partial charge on any atom is -0.494 e. The number of nitrogens with zero attached hydrogens (tertiary/aromatic N) is 2. The maximum absolute atomic E-state index is 12.4. The molecule has 0 aromatic heterocycles. The van der Waals surface area contributed by atoms with E-state index in [1.807, 2.05) is 36.1 Å². The van der Waals surface area contributed by atoms with Crippen LogP contribution in [-0.2, 0) is 0 Å². The molecule has 0 unspecified atom stereocenters. The summed E-state index contributed by atoms with van der Waals surface area (Å²) in [6.07, 6.45) is 1.02. The number of hydrogen-bond donors (Lipinski definition) is 1. The zero-order chi connectivity index (χ0) is 15.1. The number of rotatable bonds is 6. The van der Waals surface area contributed by atoms with E-state index < -0.39 is 0 Å². The Kier molecular flexibility index (Phi) is 6.02. The van der Waals surface area contributed by atoms with Gasteiger partial charge >= 0.3 is 0 Å². The van der Waals surface area contributed by atoms with Crippen molar-refractivity contribution < 1.29 is 9.53 Å². The Balaban J connectivity index is 1.86. The first-order valence-corrected chi connectivity index (χ1v) is 7.69. The molecule has 1 aromatic rings. The van der Waals surface area contributed by atoms with Crippen molar-refractivity contribution in [3.05, 3.63) is 29.8 Å². The summed E-state index contributed by atoms with van der Waals surface area (Å²) < 4.78 is 5.40. The van der Waals surface area contributed by atoms with E-state index in [0.717, 1.165) is 57.0 Å². The smallest absolute Gasteiger partial charge is 0.253 e. The molecule has 0 aliphatic carbocycles. The average molecular weight is 291 g/mol. The van der Waals surface area contributed by atoms with Gasteiger partial charge in [0.2, 0.25) is 0 Å². The molecule has 21 heavy (non-hydrogen) atoms. The first-order valence-electron chi connectivity index (χ1n) is 7.69. The highest BCUT2D eigenvalue weighted by Crippen LogP contribution is 2.14. The first-order chi connectivity index (χ1) is 10.2. The van der Waals surface area contributed by atoms with Gasteiger partial charge in [-0.05, 0) is 50.7 Å². The van der Waals surface area contributed by atoms with Gasteiger partial charge < -0.3 is 15.4 Å². The second-order valence-electron chi connectivity index (χ2n) is 5.23. The molecular formula is C16H25N3O2. The Morgan fingerprint density at radius 2 is 1.86 bits per heavy atom. The van der Waals surface area contributed by atoms with Crippen LogP contribution >= 0.6 is 0 Å². The summed E-state index contributed by atoms with van der Waals surface area (Å²) in [5.41, 5.74) is 6.26. The highest BCUT2D eigenvalue weighted by molar-refractivity contribution is 5.94. The van der Waals surface area contributed by atoms with Crippen molar-refractivity contribution in [3.63, 3.8) is 0 Å². The van der Waals surface area contributed by atoms with E-state index in [1.165, 1.54) is 0 Å². The maximum Gasteiger partial charge on any atom is 0.253 e. The molecule has 0 atom stereocenters. The standard InChI is InChI=1S/C16H25N3O2/c1-2-21-15-6-4-14(5-7-15)16(20)19-12-10-18(11-13-19)9-3-8-17/h4-7H,2-3,8-13,17H2,1H3. The molecule has 1 amide bonds. The molecule has 116 valence electrons. The molecule has 1 aliphatic rings. The molecule has 0 spiro atoms. The Bertz CT molecular complexity index is 439. The number of benzene rings is 1. The summed E-state index contributed by atoms with van der Waals surface area (Å²) in [4.78, 5) is 16.7. The molecule has 1 fully saturated rings. The summed E-state index contributed by atoms with van der Waals surface area (Å²) in [5, 5.41) is 0. The molecule has 0 saturated carbocycles. The largest absolute Gasteiger partial charge is 0.494 e. The van der Waals surface area contributed by atoms with E-state index in [9.17, 15) is 4.79 Å². The number of ether oxygens (including phenoxy) is 1. The van der Waals surface area contributed by atoms with Crippen LogP contribution in [0.3, 0.4) is 0 Å². The third-order valence-corrected chi connectivity index (χ3v) is 3.75. The van der Waals surface area contributed by atoms with Gasteiger partial charge in [0.1, 0.15) is 5.75 Å². The molecule has 5 nitrogen and oxygen atoms in total. The Hall–Kier alpha value is -1.59. The zero-order valence-electron chi connectivity index (χ0n) is 12.8. The van der Waals surface area contributed by atoms with Crippen LogP contribution in [0.15, 0.2) is 24.3 Å². The van der Waals surface area contributed by atoms with Gasteiger partial charge in [0.15, 0.2) is 0 Å². The minimum absolute atomic E-state index is 0.108. The normalized spacial score (nSPS) is 16.0. The lowest BCUT2D eigenvalue weighted by Crippen LogP contribution is -2.49. The van der Waals surface area contributed by atoms with Gasteiger partial charge in [-0.25, -0.2) is 0 Å².